The summed E-state index contributed by atoms with van der Waals surface area (Å²) in [5.74, 6) is 0. The highest BCUT2D eigenvalue weighted by atomic mass is 127. The first kappa shape index (κ1) is 12.3. The predicted molar refractivity (Wildman–Crippen MR) is 55.6 cm³/mol. The van der Waals surface area contributed by atoms with Crippen LogP contribution in [-0.2, 0) is 0 Å². The molecule has 0 fully saturated rings. The summed E-state index contributed by atoms with van der Waals surface area (Å²) in [6, 6.07) is 1.47. The van der Waals surface area contributed by atoms with E-state index in [9.17, 15) is 19.4 Å². The van der Waals surface area contributed by atoms with Gasteiger partial charge >= 0.3 is 10.2 Å². The van der Waals surface area contributed by atoms with Gasteiger partial charge in [-0.15, -0.1) is 0 Å². The predicted octanol–water partition coefficient (Wildman–Crippen LogP) is 5.60. The maximum atomic E-state index is 12.2. The third kappa shape index (κ3) is 2.86. The van der Waals surface area contributed by atoms with Crippen molar-refractivity contribution in [1.82, 2.24) is 0 Å². The first-order chi connectivity index (χ1) is 5.90. The molecule has 0 amide bonds. The van der Waals surface area contributed by atoms with Gasteiger partial charge in [-0.1, -0.05) is 31.0 Å². The molecule has 82 valence electrons. The molecule has 0 saturated carbocycles. The molecule has 0 unspecified atom stereocenters. The van der Waals surface area contributed by atoms with Gasteiger partial charge in [-0.3, -0.25) is 0 Å². The summed E-state index contributed by atoms with van der Waals surface area (Å²) in [7, 11) is -9.57. The van der Waals surface area contributed by atoms with Crippen LogP contribution in [0, 0.1) is 3.57 Å². The summed E-state index contributed by atoms with van der Waals surface area (Å²) < 4.78 is 61.3. The number of hydrogen-bond donors (Lipinski definition) is 0. The van der Waals surface area contributed by atoms with Crippen molar-refractivity contribution in [1.29, 1.82) is 0 Å². The second-order valence-corrected chi connectivity index (χ2v) is 6.52. The van der Waals surface area contributed by atoms with E-state index in [-0.39, 0.29) is 14.7 Å². The van der Waals surface area contributed by atoms with Gasteiger partial charge in [-0.25, -0.2) is 0 Å². The van der Waals surface area contributed by atoms with Crippen LogP contribution in [0.5, 0.6) is 0 Å². The number of halogens is 7. The van der Waals surface area contributed by atoms with Crippen LogP contribution in [0.2, 0.25) is 5.02 Å². The van der Waals surface area contributed by atoms with Gasteiger partial charge in [-0.2, -0.15) is 0 Å². The van der Waals surface area contributed by atoms with Gasteiger partial charge in [0.05, 0.1) is 5.02 Å². The lowest BCUT2D eigenvalue weighted by molar-refractivity contribution is 0.364. The van der Waals surface area contributed by atoms with E-state index in [4.69, 9.17) is 11.6 Å². The van der Waals surface area contributed by atoms with Crippen molar-refractivity contribution >= 4 is 44.4 Å². The molecule has 0 nitrogen and oxygen atoms in total. The summed E-state index contributed by atoms with van der Waals surface area (Å²) in [5.41, 5.74) is 0. The highest BCUT2D eigenvalue weighted by Gasteiger charge is 2.65. The molecule has 0 bridgehead atoms. The Hall–Kier alpha value is 0.240. The van der Waals surface area contributed by atoms with Crippen LogP contribution in [0.4, 0.5) is 19.4 Å². The zero-order chi connectivity index (χ0) is 11.3. The van der Waals surface area contributed by atoms with E-state index >= 15 is 0 Å². The molecule has 0 aliphatic carbocycles. The lowest BCUT2D eigenvalue weighted by Gasteiger charge is -2.40. The van der Waals surface area contributed by atoms with Crippen LogP contribution < -0.4 is 0 Å². The Morgan fingerprint density at radius 2 is 1.57 bits per heavy atom. The molecular formula is C6H3ClF5IS. The Labute approximate surface area is 95.3 Å². The first-order valence-electron chi connectivity index (χ1n) is 3.09. The Morgan fingerprint density at radius 3 is 1.93 bits per heavy atom. The molecular weight excluding hydrogens is 361 g/mol. The molecule has 0 heterocycles. The molecule has 0 spiro atoms. The molecule has 0 aliphatic heterocycles. The zero-order valence-corrected chi connectivity index (χ0v) is 10.0. The quantitative estimate of drug-likeness (QED) is 0.449. The molecule has 1 aromatic rings. The van der Waals surface area contributed by atoms with Crippen molar-refractivity contribution in [2.24, 2.45) is 0 Å². The summed E-state index contributed by atoms with van der Waals surface area (Å²) in [6.07, 6.45) is 0. The largest absolute Gasteiger partial charge is 0.310 e. The van der Waals surface area contributed by atoms with Crippen molar-refractivity contribution in [3.8, 4) is 0 Å². The average Bonchev–Trinajstić information content (AvgIpc) is 1.89. The van der Waals surface area contributed by atoms with E-state index in [1.807, 2.05) is 0 Å². The van der Waals surface area contributed by atoms with Gasteiger partial charge < -0.3 is 0 Å². The first-order valence-corrected chi connectivity index (χ1v) is 6.50. The van der Waals surface area contributed by atoms with Gasteiger partial charge in [-0.05, 0) is 40.8 Å². The maximum Gasteiger partial charge on any atom is 0.310 e. The maximum absolute atomic E-state index is 12.2. The van der Waals surface area contributed by atoms with Gasteiger partial charge in [0.25, 0.3) is 0 Å². The van der Waals surface area contributed by atoms with Gasteiger partial charge in [0.2, 0.25) is 0 Å². The minimum Gasteiger partial charge on any atom is -0.0936 e. The monoisotopic (exact) mass is 364 g/mol. The molecule has 0 radical (unpaired) electrons. The average molecular weight is 365 g/mol. The second kappa shape index (κ2) is 2.67. The molecule has 0 saturated heterocycles. The standard InChI is InChI=1S/C6H3ClF5IS/c7-5-3-4(1-2-6(5)13)14(8,9,10,11)12/h1-3H. The normalized spacial score (nSPS) is 17.4. The molecule has 1 aromatic carbocycles. The summed E-state index contributed by atoms with van der Waals surface area (Å²) in [5, 5.41) is -0.337. The minimum atomic E-state index is -9.57. The SMILES string of the molecule is FS(F)(F)(F)(F)c1ccc(I)c(Cl)c1. The Balaban J connectivity index is 3.45. The fourth-order valence-electron chi connectivity index (χ4n) is 0.717. The van der Waals surface area contributed by atoms with Crippen molar-refractivity contribution in [2.75, 3.05) is 0 Å². The van der Waals surface area contributed by atoms with Crippen LogP contribution in [0.3, 0.4) is 0 Å². The Morgan fingerprint density at radius 1 is 1.07 bits per heavy atom. The fourth-order valence-corrected chi connectivity index (χ4v) is 1.96. The van der Waals surface area contributed by atoms with Gasteiger partial charge in [0.15, 0.2) is 0 Å². The van der Waals surface area contributed by atoms with Crippen LogP contribution in [0.25, 0.3) is 0 Å². The van der Waals surface area contributed by atoms with E-state index in [1.165, 1.54) is 0 Å². The van der Waals surface area contributed by atoms with Gasteiger partial charge in [0.1, 0.15) is 4.90 Å². The fraction of sp³-hybridized carbons (Fsp3) is 0. The van der Waals surface area contributed by atoms with Crippen LogP contribution in [0.1, 0.15) is 0 Å². The van der Waals surface area contributed by atoms with E-state index in [1.54, 1.807) is 22.6 Å². The third-order valence-electron chi connectivity index (χ3n) is 1.34. The van der Waals surface area contributed by atoms with Crippen molar-refractivity contribution in [2.45, 2.75) is 4.90 Å². The van der Waals surface area contributed by atoms with Crippen molar-refractivity contribution in [3.63, 3.8) is 0 Å². The number of benzene rings is 1. The zero-order valence-electron chi connectivity index (χ0n) is 6.29. The van der Waals surface area contributed by atoms with Crippen LogP contribution >= 0.6 is 44.4 Å². The highest BCUT2D eigenvalue weighted by molar-refractivity contribution is 14.1. The van der Waals surface area contributed by atoms with Crippen LogP contribution in [0.15, 0.2) is 23.1 Å². The molecule has 8 heteroatoms. The van der Waals surface area contributed by atoms with Crippen molar-refractivity contribution < 1.29 is 19.4 Å². The summed E-state index contributed by atoms with van der Waals surface area (Å²) in [4.78, 5) is -1.96. The lowest BCUT2D eigenvalue weighted by Crippen LogP contribution is -2.05. The number of rotatable bonds is 1. The summed E-state index contributed by atoms with van der Waals surface area (Å²) in [6.45, 7) is 0. The topological polar surface area (TPSA) is 0 Å². The van der Waals surface area contributed by atoms with E-state index < -0.39 is 15.1 Å². The molecule has 0 N–H and O–H groups in total. The van der Waals surface area contributed by atoms with E-state index in [0.29, 0.717) is 6.07 Å². The Kier molecular flexibility index (Phi) is 2.35. The van der Waals surface area contributed by atoms with Crippen molar-refractivity contribution in [3.05, 3.63) is 26.8 Å². The lowest BCUT2D eigenvalue weighted by atomic mass is 10.4. The summed E-state index contributed by atoms with van der Waals surface area (Å²) >= 11 is 6.97. The molecule has 0 aliphatic rings. The molecule has 0 atom stereocenters. The van der Waals surface area contributed by atoms with E-state index in [2.05, 4.69) is 0 Å². The Bertz CT molecular complexity index is 386. The highest BCUT2D eigenvalue weighted by Crippen LogP contribution is 3.02. The molecule has 1 rings (SSSR count). The molecule has 0 aromatic heterocycles. The third-order valence-corrected chi connectivity index (χ3v) is 4.05. The number of hydrogen-bond acceptors (Lipinski definition) is 0. The van der Waals surface area contributed by atoms with Gasteiger partial charge in [0, 0.05) is 3.57 Å². The second-order valence-electron chi connectivity index (χ2n) is 2.54. The van der Waals surface area contributed by atoms with Crippen LogP contribution in [-0.4, -0.2) is 0 Å². The minimum absolute atomic E-state index is 0.241. The van der Waals surface area contributed by atoms with E-state index in [0.717, 1.165) is 6.07 Å². The molecule has 14 heavy (non-hydrogen) atoms. The smallest absolute Gasteiger partial charge is 0.0936 e.